The van der Waals surface area contributed by atoms with Gasteiger partial charge in [-0.3, -0.25) is 10.2 Å². The maximum atomic E-state index is 12.0. The van der Waals surface area contributed by atoms with E-state index in [0.29, 0.717) is 18.1 Å². The molecule has 0 bridgehead atoms. The van der Waals surface area contributed by atoms with E-state index >= 15 is 0 Å². The minimum atomic E-state index is -0.0359. The molecule has 1 aliphatic rings. The van der Waals surface area contributed by atoms with Gasteiger partial charge in [-0.1, -0.05) is 12.8 Å². The zero-order valence-corrected chi connectivity index (χ0v) is 14.7. The molecule has 1 heterocycles. The molecule has 0 unspecified atom stereocenters. The molecule has 1 saturated heterocycles. The Labute approximate surface area is 144 Å². The molecular formula is C18H28N4O2. The van der Waals surface area contributed by atoms with E-state index in [4.69, 9.17) is 10.1 Å². The SMILES string of the molecule is COc1ccc(C(=O)NCCCCCCN2CCN(C)C2=N)cc1. The van der Waals surface area contributed by atoms with E-state index < -0.39 is 0 Å². The lowest BCUT2D eigenvalue weighted by Crippen LogP contribution is -2.31. The predicted molar refractivity (Wildman–Crippen MR) is 95.7 cm³/mol. The fourth-order valence-corrected chi connectivity index (χ4v) is 2.77. The van der Waals surface area contributed by atoms with Crippen molar-refractivity contribution in [2.45, 2.75) is 25.7 Å². The van der Waals surface area contributed by atoms with Crippen LogP contribution >= 0.6 is 0 Å². The average molecular weight is 332 g/mol. The maximum absolute atomic E-state index is 12.0. The van der Waals surface area contributed by atoms with Crippen LogP contribution in [-0.4, -0.2) is 62.0 Å². The number of methoxy groups -OCH3 is 1. The van der Waals surface area contributed by atoms with E-state index in [-0.39, 0.29) is 5.91 Å². The highest BCUT2D eigenvalue weighted by Crippen LogP contribution is 2.11. The van der Waals surface area contributed by atoms with Crippen LogP contribution in [0.25, 0.3) is 0 Å². The molecule has 132 valence electrons. The lowest BCUT2D eigenvalue weighted by atomic mass is 10.1. The van der Waals surface area contributed by atoms with Crippen molar-refractivity contribution in [3.05, 3.63) is 29.8 Å². The number of nitrogens with zero attached hydrogens (tertiary/aromatic N) is 2. The molecule has 24 heavy (non-hydrogen) atoms. The van der Waals surface area contributed by atoms with Crippen molar-refractivity contribution >= 4 is 11.9 Å². The third-order valence-electron chi connectivity index (χ3n) is 4.36. The third kappa shape index (κ3) is 5.15. The summed E-state index contributed by atoms with van der Waals surface area (Å²) in [6.07, 6.45) is 4.31. The highest BCUT2D eigenvalue weighted by atomic mass is 16.5. The van der Waals surface area contributed by atoms with Crippen LogP contribution in [0.3, 0.4) is 0 Å². The molecule has 0 aliphatic carbocycles. The number of amides is 1. The zero-order valence-electron chi connectivity index (χ0n) is 14.7. The number of likely N-dealkylation sites (N-methyl/N-ethyl adjacent to an activating group) is 1. The molecule has 1 amide bonds. The molecule has 1 fully saturated rings. The number of unbranched alkanes of at least 4 members (excludes halogenated alkanes) is 3. The Balaban J connectivity index is 1.53. The second-order valence-corrected chi connectivity index (χ2v) is 6.13. The average Bonchev–Trinajstić information content (AvgIpc) is 2.93. The van der Waals surface area contributed by atoms with Crippen LogP contribution in [0.15, 0.2) is 24.3 Å². The van der Waals surface area contributed by atoms with E-state index in [2.05, 4.69) is 10.2 Å². The molecule has 6 heteroatoms. The minimum Gasteiger partial charge on any atom is -0.497 e. The molecule has 2 rings (SSSR count). The van der Waals surface area contributed by atoms with Gasteiger partial charge < -0.3 is 19.9 Å². The first-order valence-corrected chi connectivity index (χ1v) is 8.58. The highest BCUT2D eigenvalue weighted by molar-refractivity contribution is 5.94. The monoisotopic (exact) mass is 332 g/mol. The summed E-state index contributed by atoms with van der Waals surface area (Å²) in [5.74, 6) is 1.36. The van der Waals surface area contributed by atoms with Gasteiger partial charge in [0.1, 0.15) is 5.75 Å². The Hall–Kier alpha value is -2.24. The topological polar surface area (TPSA) is 68.7 Å². The van der Waals surface area contributed by atoms with Crippen molar-refractivity contribution in [1.82, 2.24) is 15.1 Å². The summed E-state index contributed by atoms with van der Waals surface area (Å²) >= 11 is 0. The normalized spacial score (nSPS) is 14.2. The Kier molecular flexibility index (Phi) is 6.90. The number of benzene rings is 1. The van der Waals surface area contributed by atoms with Crippen LogP contribution in [0.1, 0.15) is 36.0 Å². The van der Waals surface area contributed by atoms with Gasteiger partial charge in [0, 0.05) is 38.8 Å². The van der Waals surface area contributed by atoms with Gasteiger partial charge in [-0.2, -0.15) is 0 Å². The van der Waals surface area contributed by atoms with Gasteiger partial charge in [-0.15, -0.1) is 0 Å². The van der Waals surface area contributed by atoms with Crippen LogP contribution in [0.5, 0.6) is 5.75 Å². The Morgan fingerprint density at radius 3 is 2.50 bits per heavy atom. The van der Waals surface area contributed by atoms with Crippen LogP contribution < -0.4 is 10.1 Å². The Bertz CT molecular complexity index is 544. The summed E-state index contributed by atoms with van der Waals surface area (Å²) in [6.45, 7) is 3.58. The number of hydrogen-bond acceptors (Lipinski definition) is 3. The first-order valence-electron chi connectivity index (χ1n) is 8.58. The van der Waals surface area contributed by atoms with E-state index in [0.717, 1.165) is 51.1 Å². The fraction of sp³-hybridized carbons (Fsp3) is 0.556. The van der Waals surface area contributed by atoms with Crippen molar-refractivity contribution in [2.24, 2.45) is 0 Å². The molecule has 0 spiro atoms. The van der Waals surface area contributed by atoms with Gasteiger partial charge in [0.2, 0.25) is 0 Å². The zero-order chi connectivity index (χ0) is 17.4. The fourth-order valence-electron chi connectivity index (χ4n) is 2.77. The van der Waals surface area contributed by atoms with Gasteiger partial charge in [0.15, 0.2) is 5.96 Å². The van der Waals surface area contributed by atoms with Gasteiger partial charge in [-0.05, 0) is 37.1 Å². The first-order chi connectivity index (χ1) is 11.6. The van der Waals surface area contributed by atoms with Gasteiger partial charge in [0.05, 0.1) is 7.11 Å². The van der Waals surface area contributed by atoms with Crippen LogP contribution in [0.2, 0.25) is 0 Å². The van der Waals surface area contributed by atoms with Gasteiger partial charge in [-0.25, -0.2) is 0 Å². The van der Waals surface area contributed by atoms with E-state index in [1.165, 1.54) is 0 Å². The molecule has 0 radical (unpaired) electrons. The predicted octanol–water partition coefficient (Wildman–Crippen LogP) is 2.17. The van der Waals surface area contributed by atoms with Crippen LogP contribution in [0, 0.1) is 5.41 Å². The van der Waals surface area contributed by atoms with Crippen molar-refractivity contribution < 1.29 is 9.53 Å². The highest BCUT2D eigenvalue weighted by Gasteiger charge is 2.20. The lowest BCUT2D eigenvalue weighted by molar-refractivity contribution is 0.0953. The lowest BCUT2D eigenvalue weighted by Gasteiger charge is -2.18. The number of ether oxygens (including phenoxy) is 1. The number of hydrogen-bond donors (Lipinski definition) is 2. The summed E-state index contributed by atoms with van der Waals surface area (Å²) < 4.78 is 5.08. The third-order valence-corrected chi connectivity index (χ3v) is 4.36. The molecule has 1 aliphatic heterocycles. The standard InChI is InChI=1S/C18H28N4O2/c1-21-13-14-22(18(21)19)12-6-4-3-5-11-20-17(23)15-7-9-16(24-2)10-8-15/h7-10,19H,3-6,11-14H2,1-2H3,(H,20,23). The largest absolute Gasteiger partial charge is 0.497 e. The van der Waals surface area contributed by atoms with E-state index in [9.17, 15) is 4.79 Å². The Morgan fingerprint density at radius 1 is 1.17 bits per heavy atom. The quantitative estimate of drug-likeness (QED) is 0.680. The summed E-state index contributed by atoms with van der Waals surface area (Å²) in [5.41, 5.74) is 0.660. The molecular weight excluding hydrogens is 304 g/mol. The van der Waals surface area contributed by atoms with Crippen molar-refractivity contribution in [3.8, 4) is 5.75 Å². The first kappa shape index (κ1) is 18.1. The summed E-state index contributed by atoms with van der Waals surface area (Å²) in [4.78, 5) is 16.1. The van der Waals surface area contributed by atoms with Gasteiger partial charge >= 0.3 is 0 Å². The molecule has 1 aromatic rings. The summed E-state index contributed by atoms with van der Waals surface area (Å²) in [5, 5.41) is 10.9. The Morgan fingerprint density at radius 2 is 1.88 bits per heavy atom. The molecule has 2 N–H and O–H groups in total. The number of rotatable bonds is 9. The number of guanidine groups is 1. The summed E-state index contributed by atoms with van der Waals surface area (Å²) in [7, 11) is 3.58. The molecule has 0 atom stereocenters. The van der Waals surface area contributed by atoms with E-state index in [1.54, 1.807) is 31.4 Å². The number of carbonyl (C=O) groups excluding carboxylic acids is 1. The number of carbonyl (C=O) groups is 1. The van der Waals surface area contributed by atoms with Crippen LogP contribution in [0.4, 0.5) is 0 Å². The minimum absolute atomic E-state index is 0.0359. The molecule has 0 saturated carbocycles. The smallest absolute Gasteiger partial charge is 0.251 e. The second-order valence-electron chi connectivity index (χ2n) is 6.13. The molecule has 6 nitrogen and oxygen atoms in total. The van der Waals surface area contributed by atoms with Crippen molar-refractivity contribution in [2.75, 3.05) is 40.3 Å². The maximum Gasteiger partial charge on any atom is 0.251 e. The van der Waals surface area contributed by atoms with Crippen molar-refractivity contribution in [3.63, 3.8) is 0 Å². The summed E-state index contributed by atoms with van der Waals surface area (Å²) in [6, 6.07) is 7.14. The molecule has 0 aromatic heterocycles. The van der Waals surface area contributed by atoms with Crippen molar-refractivity contribution in [1.29, 1.82) is 5.41 Å². The van der Waals surface area contributed by atoms with E-state index in [1.807, 2.05) is 11.9 Å². The second kappa shape index (κ2) is 9.15. The van der Waals surface area contributed by atoms with Crippen LogP contribution in [-0.2, 0) is 0 Å². The molecule has 1 aromatic carbocycles. The van der Waals surface area contributed by atoms with Gasteiger partial charge in [0.25, 0.3) is 5.91 Å². The number of nitrogens with one attached hydrogen (secondary N) is 2.